The Morgan fingerprint density at radius 1 is 1.19 bits per heavy atom. The maximum atomic E-state index is 12.5. The Balaban J connectivity index is 1.37. The molecule has 2 aromatic rings. The molecule has 0 N–H and O–H groups in total. The minimum Gasteiger partial charge on any atom is -0.486 e. The van der Waals surface area contributed by atoms with Crippen molar-refractivity contribution in [2.24, 2.45) is 0 Å². The third-order valence-corrected chi connectivity index (χ3v) is 5.52. The number of hydrogen-bond donors (Lipinski definition) is 0. The van der Waals surface area contributed by atoms with Crippen molar-refractivity contribution in [3.63, 3.8) is 0 Å². The number of rotatable bonds is 4. The second-order valence-corrected chi connectivity index (χ2v) is 7.17. The first-order chi connectivity index (χ1) is 12.7. The first kappa shape index (κ1) is 16.9. The number of hydrogen-bond acceptors (Lipinski definition) is 6. The normalized spacial score (nSPS) is 18.6. The Morgan fingerprint density at radius 2 is 2.04 bits per heavy atom. The van der Waals surface area contributed by atoms with E-state index in [4.69, 9.17) is 14.2 Å². The Labute approximate surface area is 155 Å². The number of ether oxygens (including phenoxy) is 3. The van der Waals surface area contributed by atoms with E-state index in [1.54, 1.807) is 29.5 Å². The number of fused-ring (bicyclic) bond motifs is 1. The van der Waals surface area contributed by atoms with Gasteiger partial charge < -0.3 is 19.1 Å². The molecule has 6 nitrogen and oxygen atoms in total. The van der Waals surface area contributed by atoms with E-state index in [1.165, 1.54) is 4.88 Å². The van der Waals surface area contributed by atoms with Gasteiger partial charge in [-0.05, 0) is 42.5 Å². The predicted molar refractivity (Wildman–Crippen MR) is 95.7 cm³/mol. The lowest BCUT2D eigenvalue weighted by Crippen LogP contribution is -2.34. The number of amides is 1. The minimum absolute atomic E-state index is 0.0931. The molecule has 7 heteroatoms. The van der Waals surface area contributed by atoms with Gasteiger partial charge in [0.15, 0.2) is 18.1 Å². The molecule has 1 saturated heterocycles. The molecule has 0 aliphatic carbocycles. The van der Waals surface area contributed by atoms with Gasteiger partial charge in [-0.2, -0.15) is 0 Å². The zero-order valence-corrected chi connectivity index (χ0v) is 15.0. The van der Waals surface area contributed by atoms with E-state index in [0.717, 1.165) is 12.8 Å². The molecule has 1 aromatic carbocycles. The Morgan fingerprint density at radius 3 is 2.85 bits per heavy atom. The van der Waals surface area contributed by atoms with Crippen molar-refractivity contribution in [1.82, 2.24) is 4.90 Å². The Hall–Kier alpha value is -2.54. The van der Waals surface area contributed by atoms with Gasteiger partial charge in [-0.15, -0.1) is 11.3 Å². The molecule has 1 unspecified atom stereocenters. The van der Waals surface area contributed by atoms with Gasteiger partial charge in [0.05, 0.1) is 11.6 Å². The molecule has 0 spiro atoms. The van der Waals surface area contributed by atoms with Gasteiger partial charge in [-0.25, -0.2) is 4.79 Å². The molecule has 2 aliphatic rings. The van der Waals surface area contributed by atoms with Crippen LogP contribution in [0.15, 0.2) is 35.7 Å². The van der Waals surface area contributed by atoms with Gasteiger partial charge in [0.2, 0.25) is 0 Å². The van der Waals surface area contributed by atoms with E-state index in [1.807, 2.05) is 22.4 Å². The summed E-state index contributed by atoms with van der Waals surface area (Å²) in [5.41, 5.74) is 0.346. The summed E-state index contributed by atoms with van der Waals surface area (Å²) < 4.78 is 16.1. The van der Waals surface area contributed by atoms with Crippen LogP contribution < -0.4 is 9.47 Å². The SMILES string of the molecule is O=C(OCC(=O)N1CCCC1c1cccs1)c1ccc2c(c1)OCCO2. The lowest BCUT2D eigenvalue weighted by molar-refractivity contribution is -0.135. The Kier molecular flexibility index (Phi) is 4.79. The molecule has 1 amide bonds. The van der Waals surface area contributed by atoms with Crippen LogP contribution >= 0.6 is 11.3 Å². The maximum absolute atomic E-state index is 12.5. The van der Waals surface area contributed by atoms with Crippen molar-refractivity contribution in [3.05, 3.63) is 46.2 Å². The molecule has 2 aliphatic heterocycles. The van der Waals surface area contributed by atoms with Crippen molar-refractivity contribution in [1.29, 1.82) is 0 Å². The molecule has 26 heavy (non-hydrogen) atoms. The van der Waals surface area contributed by atoms with Crippen LogP contribution in [0.1, 0.15) is 34.1 Å². The fraction of sp³-hybridized carbons (Fsp3) is 0.368. The van der Waals surface area contributed by atoms with Crippen molar-refractivity contribution < 1.29 is 23.8 Å². The molecule has 1 atom stereocenters. The van der Waals surface area contributed by atoms with Crippen LogP contribution in [0.3, 0.4) is 0 Å². The highest BCUT2D eigenvalue weighted by atomic mass is 32.1. The van der Waals surface area contributed by atoms with Crippen molar-refractivity contribution in [2.75, 3.05) is 26.4 Å². The summed E-state index contributed by atoms with van der Waals surface area (Å²) in [6, 6.07) is 9.01. The molecule has 136 valence electrons. The second kappa shape index (κ2) is 7.37. The zero-order valence-electron chi connectivity index (χ0n) is 14.2. The predicted octanol–water partition coefficient (Wildman–Crippen LogP) is 3.04. The molecule has 0 saturated carbocycles. The fourth-order valence-electron chi connectivity index (χ4n) is 3.31. The van der Waals surface area contributed by atoms with Gasteiger partial charge in [0.1, 0.15) is 13.2 Å². The summed E-state index contributed by atoms with van der Waals surface area (Å²) in [5.74, 6) is 0.433. The Bertz CT molecular complexity index is 804. The molecule has 3 heterocycles. The average molecular weight is 373 g/mol. The summed E-state index contributed by atoms with van der Waals surface area (Å²) in [5, 5.41) is 2.01. The number of likely N-dealkylation sites (tertiary alicyclic amines) is 1. The molecule has 0 bridgehead atoms. The standard InChI is InChI=1S/C19H19NO5S/c21-18(20-7-1-3-14(20)17-4-2-10-26-17)12-25-19(22)13-5-6-15-16(11-13)24-9-8-23-15/h2,4-6,10-11,14H,1,3,7-9,12H2. The summed E-state index contributed by atoms with van der Waals surface area (Å²) in [6.07, 6.45) is 1.91. The summed E-state index contributed by atoms with van der Waals surface area (Å²) in [6.45, 7) is 1.38. The van der Waals surface area contributed by atoms with Crippen molar-refractivity contribution in [2.45, 2.75) is 18.9 Å². The van der Waals surface area contributed by atoms with Crippen LogP contribution in [0.4, 0.5) is 0 Å². The van der Waals surface area contributed by atoms with Gasteiger partial charge in [0, 0.05) is 11.4 Å². The van der Waals surface area contributed by atoms with Crippen LogP contribution in [-0.2, 0) is 9.53 Å². The van der Waals surface area contributed by atoms with Crippen LogP contribution in [-0.4, -0.2) is 43.1 Å². The van der Waals surface area contributed by atoms with Gasteiger partial charge >= 0.3 is 5.97 Å². The maximum Gasteiger partial charge on any atom is 0.338 e. The highest BCUT2D eigenvalue weighted by Crippen LogP contribution is 2.34. The quantitative estimate of drug-likeness (QED) is 0.771. The van der Waals surface area contributed by atoms with E-state index < -0.39 is 5.97 Å². The van der Waals surface area contributed by atoms with Gasteiger partial charge in [-0.1, -0.05) is 6.07 Å². The number of carbonyl (C=O) groups excluding carboxylic acids is 2. The third-order valence-electron chi connectivity index (χ3n) is 4.55. The molecule has 1 fully saturated rings. The van der Waals surface area contributed by atoms with Crippen molar-refractivity contribution >= 4 is 23.2 Å². The fourth-order valence-corrected chi connectivity index (χ4v) is 4.18. The van der Waals surface area contributed by atoms with Crippen LogP contribution in [0.25, 0.3) is 0 Å². The summed E-state index contributed by atoms with van der Waals surface area (Å²) in [7, 11) is 0. The highest BCUT2D eigenvalue weighted by Gasteiger charge is 2.31. The summed E-state index contributed by atoms with van der Waals surface area (Å²) >= 11 is 1.65. The monoisotopic (exact) mass is 373 g/mol. The number of carbonyl (C=O) groups is 2. The van der Waals surface area contributed by atoms with E-state index >= 15 is 0 Å². The second-order valence-electron chi connectivity index (χ2n) is 6.20. The zero-order chi connectivity index (χ0) is 17.9. The molecular weight excluding hydrogens is 354 g/mol. The third kappa shape index (κ3) is 3.39. The topological polar surface area (TPSA) is 65.1 Å². The molecular formula is C19H19NO5S. The lowest BCUT2D eigenvalue weighted by atomic mass is 10.2. The van der Waals surface area contributed by atoms with E-state index in [-0.39, 0.29) is 18.6 Å². The van der Waals surface area contributed by atoms with E-state index in [9.17, 15) is 9.59 Å². The summed E-state index contributed by atoms with van der Waals surface area (Å²) in [4.78, 5) is 27.8. The minimum atomic E-state index is -0.540. The molecule has 1 aromatic heterocycles. The van der Waals surface area contributed by atoms with Crippen LogP contribution in [0.5, 0.6) is 11.5 Å². The molecule has 0 radical (unpaired) electrons. The number of benzene rings is 1. The lowest BCUT2D eigenvalue weighted by Gasteiger charge is -2.23. The van der Waals surface area contributed by atoms with Crippen LogP contribution in [0.2, 0.25) is 0 Å². The molecule has 4 rings (SSSR count). The van der Waals surface area contributed by atoms with Crippen LogP contribution in [0, 0.1) is 0 Å². The van der Waals surface area contributed by atoms with Gasteiger partial charge in [-0.3, -0.25) is 4.79 Å². The number of nitrogens with zero attached hydrogens (tertiary/aromatic N) is 1. The first-order valence-electron chi connectivity index (χ1n) is 8.62. The average Bonchev–Trinajstić information content (AvgIpc) is 3.36. The van der Waals surface area contributed by atoms with Gasteiger partial charge in [0.25, 0.3) is 5.91 Å². The highest BCUT2D eigenvalue weighted by molar-refractivity contribution is 7.10. The largest absolute Gasteiger partial charge is 0.486 e. The first-order valence-corrected chi connectivity index (χ1v) is 9.50. The smallest absolute Gasteiger partial charge is 0.338 e. The van der Waals surface area contributed by atoms with Crippen molar-refractivity contribution in [3.8, 4) is 11.5 Å². The number of thiophene rings is 1. The van der Waals surface area contributed by atoms with E-state index in [0.29, 0.717) is 36.8 Å². The number of esters is 1. The van der Waals surface area contributed by atoms with E-state index in [2.05, 4.69) is 0 Å².